The lowest BCUT2D eigenvalue weighted by Crippen LogP contribution is -2.00. The fourth-order valence-corrected chi connectivity index (χ4v) is 3.89. The summed E-state index contributed by atoms with van der Waals surface area (Å²) in [4.78, 5) is 24.0. The van der Waals surface area contributed by atoms with E-state index in [1.54, 1.807) is 6.92 Å². The van der Waals surface area contributed by atoms with Crippen LogP contribution in [0.1, 0.15) is 58.6 Å². The minimum Gasteiger partial charge on any atom is -0.478 e. The van der Waals surface area contributed by atoms with Gasteiger partial charge >= 0.3 is 5.97 Å². The highest BCUT2D eigenvalue weighted by molar-refractivity contribution is 7.13. The number of ketones is 1. The van der Waals surface area contributed by atoms with Gasteiger partial charge in [-0.25, -0.2) is 4.79 Å². The number of rotatable bonds is 6. The van der Waals surface area contributed by atoms with E-state index in [9.17, 15) is 14.7 Å². The third-order valence-electron chi connectivity index (χ3n) is 3.04. The predicted octanol–water partition coefficient (Wildman–Crippen LogP) is 3.89. The van der Waals surface area contributed by atoms with Crippen molar-refractivity contribution in [3.05, 3.63) is 20.3 Å². The molecule has 0 aliphatic heterocycles. The van der Waals surface area contributed by atoms with Gasteiger partial charge in [0.05, 0.1) is 10.6 Å². The molecule has 1 fully saturated rings. The summed E-state index contributed by atoms with van der Waals surface area (Å²) in [6, 6.07) is 0. The maximum absolute atomic E-state index is 11.3. The van der Waals surface area contributed by atoms with Gasteiger partial charge in [0.1, 0.15) is 5.78 Å². The van der Waals surface area contributed by atoms with E-state index >= 15 is 0 Å². The van der Waals surface area contributed by atoms with Crippen LogP contribution in [0.5, 0.6) is 0 Å². The number of aromatic carboxylic acids is 1. The molecule has 0 atom stereocenters. The molecule has 1 aromatic heterocycles. The molecule has 1 saturated carbocycles. The maximum Gasteiger partial charge on any atom is 0.338 e. The molecule has 98 valence electrons. The van der Waals surface area contributed by atoms with E-state index in [1.165, 1.54) is 11.3 Å². The molecule has 3 nitrogen and oxygen atoms in total. The first-order valence-corrected chi connectivity index (χ1v) is 7.24. The van der Waals surface area contributed by atoms with Gasteiger partial charge in [0.15, 0.2) is 0 Å². The fourth-order valence-electron chi connectivity index (χ4n) is 1.97. The van der Waals surface area contributed by atoms with E-state index in [1.807, 2.05) is 0 Å². The Morgan fingerprint density at radius 3 is 2.61 bits per heavy atom. The Morgan fingerprint density at radius 1 is 1.44 bits per heavy atom. The minimum atomic E-state index is -0.957. The van der Waals surface area contributed by atoms with Crippen LogP contribution in [0, 0.1) is 0 Å². The zero-order valence-electron chi connectivity index (χ0n) is 10.2. The lowest BCUT2D eigenvalue weighted by molar-refractivity contribution is -0.117. The molecule has 0 saturated heterocycles. The molecule has 0 radical (unpaired) electrons. The summed E-state index contributed by atoms with van der Waals surface area (Å²) in [6.45, 7) is 1.55. The van der Waals surface area contributed by atoms with Crippen LogP contribution in [0.15, 0.2) is 0 Å². The van der Waals surface area contributed by atoms with Gasteiger partial charge in [-0.3, -0.25) is 0 Å². The van der Waals surface area contributed by atoms with E-state index in [2.05, 4.69) is 0 Å². The van der Waals surface area contributed by atoms with Gasteiger partial charge in [-0.15, -0.1) is 11.3 Å². The lowest BCUT2D eigenvalue weighted by Gasteiger charge is -1.99. The zero-order chi connectivity index (χ0) is 13.3. The van der Waals surface area contributed by atoms with E-state index in [0.29, 0.717) is 30.2 Å². The molecule has 0 aromatic carbocycles. The van der Waals surface area contributed by atoms with Gasteiger partial charge in [0, 0.05) is 16.2 Å². The number of Topliss-reactive ketones (excluding diaryl/α,β-unsaturated/α-hetero) is 1. The molecule has 2 rings (SSSR count). The highest BCUT2D eigenvalue weighted by Crippen LogP contribution is 2.49. The van der Waals surface area contributed by atoms with Crippen LogP contribution in [-0.4, -0.2) is 16.9 Å². The molecule has 1 heterocycles. The van der Waals surface area contributed by atoms with Crippen molar-refractivity contribution in [2.75, 3.05) is 0 Å². The van der Waals surface area contributed by atoms with Crippen molar-refractivity contribution in [3.8, 4) is 0 Å². The Bertz CT molecular complexity index is 489. The molecule has 0 spiro atoms. The number of hydrogen-bond acceptors (Lipinski definition) is 3. The first kappa shape index (κ1) is 13.6. The SMILES string of the molecule is CC(=O)CCCc1sc(C2CC2)c(Cl)c1C(=O)O. The van der Waals surface area contributed by atoms with E-state index < -0.39 is 5.97 Å². The average Bonchev–Trinajstić information content (AvgIpc) is 3.03. The standard InChI is InChI=1S/C13H15ClO3S/c1-7(15)3-2-4-9-10(13(16)17)11(14)12(18-9)8-5-6-8/h8H,2-6H2,1H3,(H,16,17). The predicted molar refractivity (Wildman–Crippen MR) is 71.9 cm³/mol. The van der Waals surface area contributed by atoms with Gasteiger partial charge in [0.2, 0.25) is 0 Å². The Morgan fingerprint density at radius 2 is 2.11 bits per heavy atom. The smallest absolute Gasteiger partial charge is 0.338 e. The summed E-state index contributed by atoms with van der Waals surface area (Å²) in [5.74, 6) is -0.361. The molecule has 0 unspecified atom stereocenters. The molecular formula is C13H15ClO3S. The summed E-state index contributed by atoms with van der Waals surface area (Å²) in [7, 11) is 0. The van der Waals surface area contributed by atoms with Gasteiger partial charge < -0.3 is 9.90 Å². The normalized spacial score (nSPS) is 14.8. The van der Waals surface area contributed by atoms with Crippen LogP contribution >= 0.6 is 22.9 Å². The van der Waals surface area contributed by atoms with Crippen LogP contribution in [0.25, 0.3) is 0 Å². The van der Waals surface area contributed by atoms with Gasteiger partial charge in [-0.1, -0.05) is 11.6 Å². The Hall–Kier alpha value is -0.870. The summed E-state index contributed by atoms with van der Waals surface area (Å²) in [5.41, 5.74) is 0.257. The number of halogens is 1. The first-order chi connectivity index (χ1) is 8.50. The third-order valence-corrected chi connectivity index (χ3v) is 4.96. The summed E-state index contributed by atoms with van der Waals surface area (Å²) >= 11 is 7.68. The van der Waals surface area contributed by atoms with Crippen molar-refractivity contribution in [2.45, 2.75) is 44.9 Å². The van der Waals surface area contributed by atoms with E-state index in [4.69, 9.17) is 11.6 Å². The largest absolute Gasteiger partial charge is 0.478 e. The van der Waals surface area contributed by atoms with Crippen molar-refractivity contribution in [1.82, 2.24) is 0 Å². The van der Waals surface area contributed by atoms with E-state index in [-0.39, 0.29) is 11.3 Å². The number of carboxylic acid groups (broad SMARTS) is 1. The number of carboxylic acids is 1. The monoisotopic (exact) mass is 286 g/mol. The zero-order valence-corrected chi connectivity index (χ0v) is 11.7. The van der Waals surface area contributed by atoms with E-state index in [0.717, 1.165) is 22.6 Å². The molecule has 0 bridgehead atoms. The molecule has 0 amide bonds. The Balaban J connectivity index is 2.19. The summed E-state index contributed by atoms with van der Waals surface area (Å²) in [5, 5.41) is 9.65. The van der Waals surface area contributed by atoms with Gasteiger partial charge in [-0.05, 0) is 38.5 Å². The lowest BCUT2D eigenvalue weighted by atomic mass is 10.1. The number of carbonyl (C=O) groups is 2. The second-order valence-electron chi connectivity index (χ2n) is 4.71. The number of carbonyl (C=O) groups excluding carboxylic acids is 1. The van der Waals surface area contributed by atoms with Crippen LogP contribution in [0.4, 0.5) is 0 Å². The molecule has 1 aliphatic carbocycles. The quantitative estimate of drug-likeness (QED) is 0.863. The van der Waals surface area contributed by atoms with Crippen molar-refractivity contribution in [2.24, 2.45) is 0 Å². The van der Waals surface area contributed by atoms with Crippen LogP contribution in [-0.2, 0) is 11.2 Å². The topological polar surface area (TPSA) is 54.4 Å². The van der Waals surface area contributed by atoms with Crippen LogP contribution < -0.4 is 0 Å². The Kier molecular flexibility index (Phi) is 4.07. The average molecular weight is 287 g/mol. The highest BCUT2D eigenvalue weighted by atomic mass is 35.5. The molecule has 1 aliphatic rings. The third kappa shape index (κ3) is 2.93. The van der Waals surface area contributed by atoms with Crippen LogP contribution in [0.2, 0.25) is 5.02 Å². The summed E-state index contributed by atoms with van der Waals surface area (Å²) < 4.78 is 0. The fraction of sp³-hybridized carbons (Fsp3) is 0.538. The second kappa shape index (κ2) is 5.41. The molecule has 18 heavy (non-hydrogen) atoms. The number of hydrogen-bond donors (Lipinski definition) is 1. The molecule has 1 N–H and O–H groups in total. The Labute approximate surface area is 115 Å². The molecule has 1 aromatic rings. The molecular weight excluding hydrogens is 272 g/mol. The van der Waals surface area contributed by atoms with Gasteiger partial charge in [0.25, 0.3) is 0 Å². The van der Waals surface area contributed by atoms with Crippen molar-refractivity contribution in [3.63, 3.8) is 0 Å². The van der Waals surface area contributed by atoms with Crippen molar-refractivity contribution in [1.29, 1.82) is 0 Å². The second-order valence-corrected chi connectivity index (χ2v) is 6.23. The first-order valence-electron chi connectivity index (χ1n) is 6.04. The van der Waals surface area contributed by atoms with Crippen LogP contribution in [0.3, 0.4) is 0 Å². The van der Waals surface area contributed by atoms with Crippen molar-refractivity contribution >= 4 is 34.7 Å². The molecule has 5 heteroatoms. The minimum absolute atomic E-state index is 0.136. The van der Waals surface area contributed by atoms with Crippen molar-refractivity contribution < 1.29 is 14.7 Å². The summed E-state index contributed by atoms with van der Waals surface area (Å²) in [6.07, 6.45) is 4.01. The van der Waals surface area contributed by atoms with Gasteiger partial charge in [-0.2, -0.15) is 0 Å². The number of aryl methyl sites for hydroxylation is 1. The highest BCUT2D eigenvalue weighted by Gasteiger charge is 2.32. The maximum atomic E-state index is 11.3. The number of thiophene rings is 1.